The second-order valence-corrected chi connectivity index (χ2v) is 4.25. The summed E-state index contributed by atoms with van der Waals surface area (Å²) in [4.78, 5) is 11.3. The molecule has 0 aliphatic heterocycles. The SMILES string of the molecule is Cc1cccc(/C(=C\c2ccccc2F)C(=O)O)c1. The van der Waals surface area contributed by atoms with E-state index in [0.29, 0.717) is 5.56 Å². The molecule has 0 saturated carbocycles. The molecule has 0 fully saturated rings. The quantitative estimate of drug-likeness (QED) is 0.670. The van der Waals surface area contributed by atoms with E-state index in [1.54, 1.807) is 36.4 Å². The van der Waals surface area contributed by atoms with Crippen LogP contribution in [-0.2, 0) is 4.79 Å². The van der Waals surface area contributed by atoms with Crippen LogP contribution in [0.1, 0.15) is 16.7 Å². The molecule has 0 aromatic heterocycles. The predicted molar refractivity (Wildman–Crippen MR) is 73.1 cm³/mol. The summed E-state index contributed by atoms with van der Waals surface area (Å²) >= 11 is 0. The Labute approximate surface area is 110 Å². The van der Waals surface area contributed by atoms with Crippen LogP contribution in [0.5, 0.6) is 0 Å². The lowest BCUT2D eigenvalue weighted by Crippen LogP contribution is -2.00. The first-order valence-electron chi connectivity index (χ1n) is 5.84. The van der Waals surface area contributed by atoms with Gasteiger partial charge in [-0.05, 0) is 24.6 Å². The van der Waals surface area contributed by atoms with Crippen LogP contribution in [0.25, 0.3) is 11.6 Å². The highest BCUT2D eigenvalue weighted by atomic mass is 19.1. The number of carboxylic acid groups (broad SMARTS) is 1. The molecule has 0 spiro atoms. The molecule has 2 aromatic carbocycles. The highest BCUT2D eigenvalue weighted by Crippen LogP contribution is 2.21. The van der Waals surface area contributed by atoms with E-state index in [2.05, 4.69) is 0 Å². The Bertz CT molecular complexity index is 645. The maximum atomic E-state index is 13.6. The van der Waals surface area contributed by atoms with Gasteiger partial charge in [0.15, 0.2) is 0 Å². The number of carboxylic acids is 1. The van der Waals surface area contributed by atoms with Crippen molar-refractivity contribution in [2.75, 3.05) is 0 Å². The third-order valence-electron chi connectivity index (χ3n) is 2.76. The van der Waals surface area contributed by atoms with Gasteiger partial charge >= 0.3 is 5.97 Å². The van der Waals surface area contributed by atoms with E-state index >= 15 is 0 Å². The number of hydrogen-bond acceptors (Lipinski definition) is 1. The Morgan fingerprint density at radius 1 is 1.16 bits per heavy atom. The fourth-order valence-electron chi connectivity index (χ4n) is 1.83. The molecule has 0 amide bonds. The summed E-state index contributed by atoms with van der Waals surface area (Å²) in [6.07, 6.45) is 1.35. The lowest BCUT2D eigenvalue weighted by molar-refractivity contribution is -0.130. The van der Waals surface area contributed by atoms with Crippen molar-refractivity contribution in [3.63, 3.8) is 0 Å². The molecule has 96 valence electrons. The standard InChI is InChI=1S/C16H13FO2/c1-11-5-4-7-12(9-11)14(16(18)19)10-13-6-2-3-8-15(13)17/h2-10H,1H3,(H,18,19)/b14-10+. The lowest BCUT2D eigenvalue weighted by atomic mass is 10.0. The van der Waals surface area contributed by atoms with Crippen molar-refractivity contribution < 1.29 is 14.3 Å². The molecule has 0 unspecified atom stereocenters. The third kappa shape index (κ3) is 3.07. The fraction of sp³-hybridized carbons (Fsp3) is 0.0625. The molecule has 3 heteroatoms. The van der Waals surface area contributed by atoms with Crippen molar-refractivity contribution >= 4 is 17.6 Å². The van der Waals surface area contributed by atoms with E-state index in [1.807, 2.05) is 13.0 Å². The first kappa shape index (κ1) is 13.0. The van der Waals surface area contributed by atoms with Crippen LogP contribution in [0.3, 0.4) is 0 Å². The van der Waals surface area contributed by atoms with Crippen LogP contribution < -0.4 is 0 Å². The Hall–Kier alpha value is -2.42. The number of halogens is 1. The Balaban J connectivity index is 2.53. The minimum absolute atomic E-state index is 0.0776. The molecule has 1 N–H and O–H groups in total. The van der Waals surface area contributed by atoms with Crippen LogP contribution >= 0.6 is 0 Å². The first-order chi connectivity index (χ1) is 9.08. The molecule has 0 bridgehead atoms. The lowest BCUT2D eigenvalue weighted by Gasteiger charge is -2.05. The molecular weight excluding hydrogens is 243 g/mol. The number of aliphatic carboxylic acids is 1. The van der Waals surface area contributed by atoms with Gasteiger partial charge in [-0.1, -0.05) is 48.0 Å². The average Bonchev–Trinajstić information content (AvgIpc) is 2.37. The molecule has 0 aliphatic rings. The molecule has 0 heterocycles. The average molecular weight is 256 g/mol. The van der Waals surface area contributed by atoms with E-state index in [0.717, 1.165) is 5.56 Å². The summed E-state index contributed by atoms with van der Waals surface area (Å²) in [6.45, 7) is 1.88. The summed E-state index contributed by atoms with van der Waals surface area (Å²) in [5.74, 6) is -1.51. The summed E-state index contributed by atoms with van der Waals surface area (Å²) in [7, 11) is 0. The molecular formula is C16H13FO2. The maximum Gasteiger partial charge on any atom is 0.336 e. The van der Waals surface area contributed by atoms with Gasteiger partial charge in [0.2, 0.25) is 0 Å². The number of benzene rings is 2. The third-order valence-corrected chi connectivity index (χ3v) is 2.76. The van der Waals surface area contributed by atoms with Gasteiger partial charge in [-0.3, -0.25) is 0 Å². The molecule has 2 rings (SSSR count). The van der Waals surface area contributed by atoms with Crippen molar-refractivity contribution in [2.45, 2.75) is 6.92 Å². The van der Waals surface area contributed by atoms with Gasteiger partial charge in [0.05, 0.1) is 5.57 Å². The molecule has 0 radical (unpaired) electrons. The number of aryl methyl sites for hydroxylation is 1. The number of rotatable bonds is 3. The minimum atomic E-state index is -1.08. The van der Waals surface area contributed by atoms with Crippen molar-refractivity contribution in [3.05, 3.63) is 71.0 Å². The van der Waals surface area contributed by atoms with E-state index in [1.165, 1.54) is 12.1 Å². The zero-order valence-corrected chi connectivity index (χ0v) is 10.4. The Morgan fingerprint density at radius 2 is 1.89 bits per heavy atom. The molecule has 2 nitrogen and oxygen atoms in total. The second kappa shape index (κ2) is 5.48. The van der Waals surface area contributed by atoms with Gasteiger partial charge in [-0.2, -0.15) is 0 Å². The molecule has 0 aliphatic carbocycles. The zero-order chi connectivity index (χ0) is 13.8. The number of carbonyl (C=O) groups is 1. The molecule has 0 atom stereocenters. The summed E-state index contributed by atoms with van der Waals surface area (Å²) in [5, 5.41) is 9.28. The van der Waals surface area contributed by atoms with E-state index in [4.69, 9.17) is 0 Å². The van der Waals surface area contributed by atoms with Gasteiger partial charge < -0.3 is 5.11 Å². The second-order valence-electron chi connectivity index (χ2n) is 4.25. The fourth-order valence-corrected chi connectivity index (χ4v) is 1.83. The molecule has 2 aromatic rings. The Morgan fingerprint density at radius 3 is 2.53 bits per heavy atom. The van der Waals surface area contributed by atoms with Crippen LogP contribution in [-0.4, -0.2) is 11.1 Å². The van der Waals surface area contributed by atoms with Crippen LogP contribution in [0.4, 0.5) is 4.39 Å². The summed E-state index contributed by atoms with van der Waals surface area (Å²) in [6, 6.07) is 13.2. The van der Waals surface area contributed by atoms with Gasteiger partial charge in [0.1, 0.15) is 5.82 Å². The van der Waals surface area contributed by atoms with Crippen LogP contribution in [0.15, 0.2) is 48.5 Å². The van der Waals surface area contributed by atoms with E-state index in [-0.39, 0.29) is 11.1 Å². The summed E-state index contributed by atoms with van der Waals surface area (Å²) < 4.78 is 13.6. The van der Waals surface area contributed by atoms with E-state index in [9.17, 15) is 14.3 Å². The highest BCUT2D eigenvalue weighted by Gasteiger charge is 2.11. The normalized spacial score (nSPS) is 11.4. The van der Waals surface area contributed by atoms with Gasteiger partial charge in [0.25, 0.3) is 0 Å². The van der Waals surface area contributed by atoms with Crippen LogP contribution in [0.2, 0.25) is 0 Å². The van der Waals surface area contributed by atoms with Gasteiger partial charge in [0, 0.05) is 5.56 Å². The van der Waals surface area contributed by atoms with E-state index < -0.39 is 11.8 Å². The van der Waals surface area contributed by atoms with Crippen molar-refractivity contribution in [1.29, 1.82) is 0 Å². The smallest absolute Gasteiger partial charge is 0.336 e. The summed E-state index contributed by atoms with van der Waals surface area (Å²) in [5.41, 5.74) is 1.86. The van der Waals surface area contributed by atoms with Gasteiger partial charge in [-0.25, -0.2) is 9.18 Å². The molecule has 0 saturated heterocycles. The topological polar surface area (TPSA) is 37.3 Å². The largest absolute Gasteiger partial charge is 0.478 e. The highest BCUT2D eigenvalue weighted by molar-refractivity contribution is 6.20. The van der Waals surface area contributed by atoms with Crippen molar-refractivity contribution in [3.8, 4) is 0 Å². The number of hydrogen-bond donors (Lipinski definition) is 1. The Kier molecular flexibility index (Phi) is 3.76. The monoisotopic (exact) mass is 256 g/mol. The van der Waals surface area contributed by atoms with Gasteiger partial charge in [-0.15, -0.1) is 0 Å². The van der Waals surface area contributed by atoms with Crippen molar-refractivity contribution in [2.24, 2.45) is 0 Å². The maximum absolute atomic E-state index is 13.6. The van der Waals surface area contributed by atoms with Crippen molar-refractivity contribution in [1.82, 2.24) is 0 Å². The minimum Gasteiger partial charge on any atom is -0.478 e. The first-order valence-corrected chi connectivity index (χ1v) is 5.84. The zero-order valence-electron chi connectivity index (χ0n) is 10.4. The molecule has 19 heavy (non-hydrogen) atoms. The van der Waals surface area contributed by atoms with Crippen LogP contribution in [0, 0.1) is 12.7 Å². The predicted octanol–water partition coefficient (Wildman–Crippen LogP) is 3.76.